The number of allylic oxidation sites excluding steroid dienone is 1. The predicted molar refractivity (Wildman–Crippen MR) is 85.4 cm³/mol. The smallest absolute Gasteiger partial charge is 0.339 e. The van der Waals surface area contributed by atoms with Crippen molar-refractivity contribution in [1.29, 1.82) is 0 Å². The normalized spacial score (nSPS) is 22.6. The minimum Gasteiger partial charge on any atom is -0.501 e. The molecule has 0 saturated heterocycles. The second-order valence-electron chi connectivity index (χ2n) is 5.79. The lowest BCUT2D eigenvalue weighted by Crippen LogP contribution is -2.29. The maximum absolute atomic E-state index is 14.5. The van der Waals surface area contributed by atoms with E-state index in [0.29, 0.717) is 23.3 Å². The van der Waals surface area contributed by atoms with Crippen molar-refractivity contribution in [3.8, 4) is 0 Å². The standard InChI is InChI=1S/C18H18FNO4/c1-11(21)20-10-14-9-16(18(22)24-14)13-2-3-15(17(19)8-13)12-4-6-23-7-5-12/h2-4,6,8-9,12,14H,5,7,10H2,1H3,(H,20,21)/t12?,14-/m1/s1. The Morgan fingerprint density at radius 2 is 2.25 bits per heavy atom. The second kappa shape index (κ2) is 6.86. The van der Waals surface area contributed by atoms with E-state index < -0.39 is 12.1 Å². The molecule has 24 heavy (non-hydrogen) atoms. The summed E-state index contributed by atoms with van der Waals surface area (Å²) < 4.78 is 24.8. The summed E-state index contributed by atoms with van der Waals surface area (Å²) in [6.07, 6.45) is 5.22. The largest absolute Gasteiger partial charge is 0.501 e. The fourth-order valence-electron chi connectivity index (χ4n) is 2.81. The summed E-state index contributed by atoms with van der Waals surface area (Å²) in [5.74, 6) is -1.09. The molecule has 2 aliphatic heterocycles. The van der Waals surface area contributed by atoms with Crippen molar-refractivity contribution in [3.05, 3.63) is 53.6 Å². The van der Waals surface area contributed by atoms with Crippen LogP contribution >= 0.6 is 0 Å². The van der Waals surface area contributed by atoms with Gasteiger partial charge in [0.1, 0.15) is 11.9 Å². The van der Waals surface area contributed by atoms with E-state index in [2.05, 4.69) is 5.32 Å². The van der Waals surface area contributed by atoms with Crippen LogP contribution in [0.2, 0.25) is 0 Å². The minimum atomic E-state index is -0.530. The van der Waals surface area contributed by atoms with Crippen LogP contribution in [0.5, 0.6) is 0 Å². The number of halogens is 1. The number of ether oxygens (including phenoxy) is 2. The zero-order valence-corrected chi connectivity index (χ0v) is 13.3. The molecule has 0 bridgehead atoms. The predicted octanol–water partition coefficient (Wildman–Crippen LogP) is 2.29. The zero-order chi connectivity index (χ0) is 17.1. The van der Waals surface area contributed by atoms with Crippen molar-refractivity contribution in [2.75, 3.05) is 13.2 Å². The Hall–Kier alpha value is -2.63. The van der Waals surface area contributed by atoms with Crippen LogP contribution in [-0.4, -0.2) is 31.1 Å². The quantitative estimate of drug-likeness (QED) is 0.860. The third-order valence-electron chi connectivity index (χ3n) is 4.05. The molecule has 1 aromatic rings. The van der Waals surface area contributed by atoms with Crippen LogP contribution in [0.25, 0.3) is 5.57 Å². The first-order chi connectivity index (χ1) is 11.5. The molecule has 1 aromatic carbocycles. The van der Waals surface area contributed by atoms with E-state index in [0.717, 1.165) is 6.42 Å². The van der Waals surface area contributed by atoms with Gasteiger partial charge >= 0.3 is 5.97 Å². The number of carbonyl (C=O) groups is 2. The molecule has 0 spiro atoms. The Morgan fingerprint density at radius 3 is 2.92 bits per heavy atom. The highest BCUT2D eigenvalue weighted by molar-refractivity contribution is 6.18. The van der Waals surface area contributed by atoms with Crippen molar-refractivity contribution >= 4 is 17.4 Å². The van der Waals surface area contributed by atoms with Gasteiger partial charge in [-0.25, -0.2) is 9.18 Å². The van der Waals surface area contributed by atoms with Gasteiger partial charge in [0.25, 0.3) is 0 Å². The molecule has 1 N–H and O–H groups in total. The van der Waals surface area contributed by atoms with E-state index in [1.165, 1.54) is 13.0 Å². The summed E-state index contributed by atoms with van der Waals surface area (Å²) in [4.78, 5) is 22.9. The first-order valence-electron chi connectivity index (χ1n) is 7.80. The molecule has 1 amide bonds. The highest BCUT2D eigenvalue weighted by Crippen LogP contribution is 2.30. The fourth-order valence-corrected chi connectivity index (χ4v) is 2.81. The van der Waals surface area contributed by atoms with Crippen LogP contribution in [0.15, 0.2) is 36.6 Å². The number of benzene rings is 1. The van der Waals surface area contributed by atoms with Gasteiger partial charge in [0.2, 0.25) is 5.91 Å². The van der Waals surface area contributed by atoms with Gasteiger partial charge < -0.3 is 14.8 Å². The molecular formula is C18H18FNO4. The molecule has 0 radical (unpaired) electrons. The van der Waals surface area contributed by atoms with Crippen molar-refractivity contribution < 1.29 is 23.5 Å². The Bertz CT molecular complexity index is 726. The lowest BCUT2D eigenvalue weighted by atomic mass is 9.92. The minimum absolute atomic E-state index is 0.0233. The number of esters is 1. The molecule has 1 unspecified atom stereocenters. The Labute approximate surface area is 139 Å². The average molecular weight is 331 g/mol. The van der Waals surface area contributed by atoms with Gasteiger partial charge in [-0.15, -0.1) is 0 Å². The molecule has 126 valence electrons. The van der Waals surface area contributed by atoms with Crippen molar-refractivity contribution in [2.45, 2.75) is 25.4 Å². The molecule has 5 nitrogen and oxygen atoms in total. The number of rotatable bonds is 4. The lowest BCUT2D eigenvalue weighted by molar-refractivity contribution is -0.138. The van der Waals surface area contributed by atoms with Gasteiger partial charge in [-0.3, -0.25) is 4.79 Å². The number of cyclic esters (lactones) is 1. The van der Waals surface area contributed by atoms with Crippen LogP contribution in [0.3, 0.4) is 0 Å². The summed E-state index contributed by atoms with van der Waals surface area (Å²) in [5.41, 5.74) is 1.38. The fraction of sp³-hybridized carbons (Fsp3) is 0.333. The van der Waals surface area contributed by atoms with Crippen molar-refractivity contribution in [1.82, 2.24) is 5.32 Å². The van der Waals surface area contributed by atoms with Crippen LogP contribution in [0.1, 0.15) is 30.4 Å². The van der Waals surface area contributed by atoms with Crippen molar-refractivity contribution in [2.24, 2.45) is 0 Å². The van der Waals surface area contributed by atoms with Gasteiger partial charge in [0, 0.05) is 12.8 Å². The highest BCUT2D eigenvalue weighted by atomic mass is 19.1. The number of nitrogens with one attached hydrogen (secondary N) is 1. The Morgan fingerprint density at radius 1 is 1.42 bits per heavy atom. The van der Waals surface area contributed by atoms with Crippen LogP contribution in [0.4, 0.5) is 4.39 Å². The van der Waals surface area contributed by atoms with E-state index in [1.54, 1.807) is 24.5 Å². The van der Waals surface area contributed by atoms with Gasteiger partial charge in [0.05, 0.1) is 25.0 Å². The van der Waals surface area contributed by atoms with E-state index in [-0.39, 0.29) is 24.2 Å². The lowest BCUT2D eigenvalue weighted by Gasteiger charge is -2.18. The number of hydrogen-bond donors (Lipinski definition) is 1. The van der Waals surface area contributed by atoms with E-state index in [4.69, 9.17) is 9.47 Å². The van der Waals surface area contributed by atoms with E-state index in [9.17, 15) is 14.0 Å². The molecule has 3 rings (SSSR count). The maximum atomic E-state index is 14.5. The molecule has 6 heteroatoms. The summed E-state index contributed by atoms with van der Waals surface area (Å²) in [5, 5.41) is 2.59. The first-order valence-corrected chi connectivity index (χ1v) is 7.80. The third kappa shape index (κ3) is 3.48. The van der Waals surface area contributed by atoms with Crippen LogP contribution in [-0.2, 0) is 19.1 Å². The van der Waals surface area contributed by atoms with Gasteiger partial charge in [-0.1, -0.05) is 12.1 Å². The number of amides is 1. The highest BCUT2D eigenvalue weighted by Gasteiger charge is 2.27. The molecule has 2 atom stereocenters. The Balaban J connectivity index is 1.79. The molecular weight excluding hydrogens is 313 g/mol. The Kier molecular flexibility index (Phi) is 4.64. The SMILES string of the molecule is CC(=O)NC[C@H]1C=C(c2ccc(C3C=COCC3)c(F)c2)C(=O)O1. The van der Waals surface area contributed by atoms with Gasteiger partial charge in [-0.2, -0.15) is 0 Å². The molecule has 2 heterocycles. The first kappa shape index (κ1) is 16.2. The van der Waals surface area contributed by atoms with Crippen LogP contribution < -0.4 is 5.32 Å². The van der Waals surface area contributed by atoms with Gasteiger partial charge in [0.15, 0.2) is 0 Å². The molecule has 2 aliphatic rings. The third-order valence-corrected chi connectivity index (χ3v) is 4.05. The summed E-state index contributed by atoms with van der Waals surface area (Å²) in [7, 11) is 0. The second-order valence-corrected chi connectivity index (χ2v) is 5.79. The van der Waals surface area contributed by atoms with Crippen LogP contribution in [0, 0.1) is 5.82 Å². The molecule has 0 fully saturated rings. The molecule has 0 aromatic heterocycles. The zero-order valence-electron chi connectivity index (χ0n) is 13.3. The maximum Gasteiger partial charge on any atom is 0.339 e. The number of carbonyl (C=O) groups excluding carboxylic acids is 2. The van der Waals surface area contributed by atoms with E-state index in [1.807, 2.05) is 6.08 Å². The topological polar surface area (TPSA) is 64.6 Å². The monoisotopic (exact) mass is 331 g/mol. The van der Waals surface area contributed by atoms with Gasteiger partial charge in [-0.05, 0) is 35.8 Å². The van der Waals surface area contributed by atoms with E-state index >= 15 is 0 Å². The summed E-state index contributed by atoms with van der Waals surface area (Å²) in [6, 6.07) is 4.77. The average Bonchev–Trinajstić information content (AvgIpc) is 2.94. The number of hydrogen-bond acceptors (Lipinski definition) is 4. The molecule has 0 saturated carbocycles. The summed E-state index contributed by atoms with van der Waals surface area (Å²) >= 11 is 0. The molecule has 0 aliphatic carbocycles. The van der Waals surface area contributed by atoms with Crippen molar-refractivity contribution in [3.63, 3.8) is 0 Å². The summed E-state index contributed by atoms with van der Waals surface area (Å²) in [6.45, 7) is 2.16.